The van der Waals surface area contributed by atoms with Gasteiger partial charge in [0, 0.05) is 19.7 Å². The Morgan fingerprint density at radius 3 is 2.67 bits per heavy atom. The van der Waals surface area contributed by atoms with Crippen LogP contribution in [0.15, 0.2) is 30.3 Å². The van der Waals surface area contributed by atoms with Gasteiger partial charge in [0.1, 0.15) is 0 Å². The summed E-state index contributed by atoms with van der Waals surface area (Å²) in [6, 6.07) is 11.1. The van der Waals surface area contributed by atoms with Crippen molar-refractivity contribution in [1.82, 2.24) is 9.80 Å². The van der Waals surface area contributed by atoms with Crippen LogP contribution in [-0.4, -0.2) is 62.1 Å². The average molecular weight is 290 g/mol. The summed E-state index contributed by atoms with van der Waals surface area (Å²) >= 11 is 0. The van der Waals surface area contributed by atoms with Crippen LogP contribution in [0.25, 0.3) is 0 Å². The van der Waals surface area contributed by atoms with Gasteiger partial charge >= 0.3 is 0 Å². The van der Waals surface area contributed by atoms with Gasteiger partial charge in [-0.2, -0.15) is 0 Å². The van der Waals surface area contributed by atoms with Crippen molar-refractivity contribution in [1.29, 1.82) is 0 Å². The van der Waals surface area contributed by atoms with Crippen molar-refractivity contribution in [3.63, 3.8) is 0 Å². The molecule has 1 heterocycles. The van der Waals surface area contributed by atoms with Crippen molar-refractivity contribution >= 4 is 5.91 Å². The molecule has 116 valence electrons. The quantitative estimate of drug-likeness (QED) is 0.801. The Bertz CT molecular complexity index is 447. The molecule has 1 saturated heterocycles. The van der Waals surface area contributed by atoms with Crippen molar-refractivity contribution < 1.29 is 9.53 Å². The van der Waals surface area contributed by atoms with Crippen LogP contribution in [-0.2, 0) is 16.0 Å². The highest BCUT2D eigenvalue weighted by molar-refractivity contribution is 5.77. The standard InChI is InChI=1S/C17H26N2O2/c1-18(2)15-9-11-19(17(20)10-12-21-3)16(15)13-14-7-5-4-6-8-14/h4-8,15-16H,9-13H2,1-3H3/t15-,16+/m1/s1. The van der Waals surface area contributed by atoms with E-state index >= 15 is 0 Å². The molecule has 21 heavy (non-hydrogen) atoms. The number of benzene rings is 1. The third-order valence-corrected chi connectivity index (χ3v) is 4.30. The Kier molecular flexibility index (Phi) is 5.76. The summed E-state index contributed by atoms with van der Waals surface area (Å²) in [5.41, 5.74) is 1.29. The summed E-state index contributed by atoms with van der Waals surface area (Å²) in [7, 11) is 5.85. The Balaban J connectivity index is 2.10. The number of hydrogen-bond acceptors (Lipinski definition) is 3. The number of carbonyl (C=O) groups excluding carboxylic acids is 1. The second kappa shape index (κ2) is 7.57. The number of likely N-dealkylation sites (N-methyl/N-ethyl adjacent to an activating group) is 1. The van der Waals surface area contributed by atoms with Crippen LogP contribution in [0, 0.1) is 0 Å². The highest BCUT2D eigenvalue weighted by Crippen LogP contribution is 2.25. The highest BCUT2D eigenvalue weighted by atomic mass is 16.5. The van der Waals surface area contributed by atoms with Gasteiger partial charge in [0.25, 0.3) is 0 Å². The number of ether oxygens (including phenoxy) is 1. The average Bonchev–Trinajstić information content (AvgIpc) is 2.89. The molecule has 4 heteroatoms. The zero-order valence-corrected chi connectivity index (χ0v) is 13.3. The van der Waals surface area contributed by atoms with Crippen LogP contribution in [0.3, 0.4) is 0 Å². The second-order valence-corrected chi connectivity index (χ2v) is 5.91. The number of nitrogens with zero attached hydrogens (tertiary/aromatic N) is 2. The van der Waals surface area contributed by atoms with Crippen molar-refractivity contribution in [2.24, 2.45) is 0 Å². The lowest BCUT2D eigenvalue weighted by molar-refractivity contribution is -0.133. The number of methoxy groups -OCH3 is 1. The van der Waals surface area contributed by atoms with Gasteiger partial charge in [0.05, 0.1) is 19.1 Å². The molecule has 0 N–H and O–H groups in total. The number of rotatable bonds is 6. The van der Waals surface area contributed by atoms with Crippen molar-refractivity contribution in [3.8, 4) is 0 Å². The van der Waals surface area contributed by atoms with Gasteiger partial charge in [-0.1, -0.05) is 30.3 Å². The molecule has 1 aromatic rings. The van der Waals surface area contributed by atoms with Crippen LogP contribution in [0.4, 0.5) is 0 Å². The lowest BCUT2D eigenvalue weighted by Gasteiger charge is -2.31. The number of hydrogen-bond donors (Lipinski definition) is 0. The van der Waals surface area contributed by atoms with Gasteiger partial charge in [-0.15, -0.1) is 0 Å². The molecular weight excluding hydrogens is 264 g/mol. The van der Waals surface area contributed by atoms with Crippen molar-refractivity contribution in [3.05, 3.63) is 35.9 Å². The SMILES string of the molecule is COCCC(=O)N1CC[C@@H](N(C)C)[C@@H]1Cc1ccccc1. The maximum absolute atomic E-state index is 12.4. The molecular formula is C17H26N2O2. The van der Waals surface area contributed by atoms with Crippen LogP contribution in [0.5, 0.6) is 0 Å². The van der Waals surface area contributed by atoms with E-state index in [4.69, 9.17) is 4.74 Å². The summed E-state index contributed by atoms with van der Waals surface area (Å²) in [5, 5.41) is 0. The van der Waals surface area contributed by atoms with E-state index < -0.39 is 0 Å². The van der Waals surface area contributed by atoms with E-state index in [2.05, 4.69) is 48.2 Å². The lowest BCUT2D eigenvalue weighted by Crippen LogP contribution is -2.45. The fourth-order valence-corrected chi connectivity index (χ4v) is 3.18. The summed E-state index contributed by atoms with van der Waals surface area (Å²) in [6.07, 6.45) is 2.44. The summed E-state index contributed by atoms with van der Waals surface area (Å²) in [6.45, 7) is 1.35. The maximum Gasteiger partial charge on any atom is 0.225 e. The molecule has 2 rings (SSSR count). The minimum absolute atomic E-state index is 0.210. The Hall–Kier alpha value is -1.39. The van der Waals surface area contributed by atoms with E-state index in [1.165, 1.54) is 5.56 Å². The minimum atomic E-state index is 0.210. The summed E-state index contributed by atoms with van der Waals surface area (Å²) in [4.78, 5) is 16.7. The zero-order chi connectivity index (χ0) is 15.2. The van der Waals surface area contributed by atoms with Gasteiger partial charge < -0.3 is 14.5 Å². The Morgan fingerprint density at radius 1 is 1.33 bits per heavy atom. The van der Waals surface area contributed by atoms with E-state index in [-0.39, 0.29) is 11.9 Å². The van der Waals surface area contributed by atoms with Crippen LogP contribution in [0.1, 0.15) is 18.4 Å². The second-order valence-electron chi connectivity index (χ2n) is 5.91. The first-order valence-electron chi connectivity index (χ1n) is 7.62. The van der Waals surface area contributed by atoms with Gasteiger partial charge in [-0.05, 0) is 32.5 Å². The Morgan fingerprint density at radius 2 is 2.05 bits per heavy atom. The third-order valence-electron chi connectivity index (χ3n) is 4.30. The molecule has 0 aromatic heterocycles. The van der Waals surface area contributed by atoms with Gasteiger partial charge in [0.15, 0.2) is 0 Å². The lowest BCUT2D eigenvalue weighted by atomic mass is 9.99. The molecule has 1 aromatic carbocycles. The first-order chi connectivity index (χ1) is 10.1. The fourth-order valence-electron chi connectivity index (χ4n) is 3.18. The highest BCUT2D eigenvalue weighted by Gasteiger charge is 2.37. The molecule has 2 atom stereocenters. The largest absolute Gasteiger partial charge is 0.384 e. The monoisotopic (exact) mass is 290 g/mol. The fraction of sp³-hybridized carbons (Fsp3) is 0.588. The number of likely N-dealkylation sites (tertiary alicyclic amines) is 1. The van der Waals surface area contributed by atoms with Gasteiger partial charge in [-0.25, -0.2) is 0 Å². The third kappa shape index (κ3) is 4.05. The first-order valence-corrected chi connectivity index (χ1v) is 7.62. The Labute approximate surface area is 127 Å². The van der Waals surface area contributed by atoms with E-state index in [1.54, 1.807) is 7.11 Å². The van der Waals surface area contributed by atoms with E-state index in [1.807, 2.05) is 6.07 Å². The minimum Gasteiger partial charge on any atom is -0.384 e. The van der Waals surface area contributed by atoms with Gasteiger partial charge in [0.2, 0.25) is 5.91 Å². The van der Waals surface area contributed by atoms with E-state index in [9.17, 15) is 4.79 Å². The maximum atomic E-state index is 12.4. The molecule has 0 aliphatic carbocycles. The van der Waals surface area contributed by atoms with Crippen LogP contribution in [0.2, 0.25) is 0 Å². The summed E-state index contributed by atoms with van der Waals surface area (Å²) in [5.74, 6) is 0.210. The predicted molar refractivity (Wildman–Crippen MR) is 84.2 cm³/mol. The predicted octanol–water partition coefficient (Wildman–Crippen LogP) is 1.80. The van der Waals surface area contributed by atoms with Crippen molar-refractivity contribution in [2.75, 3.05) is 34.4 Å². The molecule has 0 spiro atoms. The molecule has 0 saturated carbocycles. The van der Waals surface area contributed by atoms with E-state index in [0.29, 0.717) is 19.1 Å². The molecule has 1 amide bonds. The van der Waals surface area contributed by atoms with Crippen LogP contribution < -0.4 is 0 Å². The van der Waals surface area contributed by atoms with Gasteiger partial charge in [-0.3, -0.25) is 4.79 Å². The molecule has 4 nitrogen and oxygen atoms in total. The molecule has 1 aliphatic rings. The molecule has 0 radical (unpaired) electrons. The molecule has 1 aliphatic heterocycles. The number of carbonyl (C=O) groups is 1. The smallest absolute Gasteiger partial charge is 0.225 e. The van der Waals surface area contributed by atoms with Crippen LogP contribution >= 0.6 is 0 Å². The molecule has 0 bridgehead atoms. The normalized spacial score (nSPS) is 22.0. The molecule has 1 fully saturated rings. The first kappa shape index (κ1) is 16.0. The number of amides is 1. The van der Waals surface area contributed by atoms with Crippen molar-refractivity contribution in [2.45, 2.75) is 31.3 Å². The topological polar surface area (TPSA) is 32.8 Å². The molecule has 0 unspecified atom stereocenters. The zero-order valence-electron chi connectivity index (χ0n) is 13.3. The van der Waals surface area contributed by atoms with E-state index in [0.717, 1.165) is 19.4 Å². The summed E-state index contributed by atoms with van der Waals surface area (Å²) < 4.78 is 5.04.